The normalized spacial score (nSPS) is 26.3. The molecule has 2 saturated heterocycles. The van der Waals surface area contributed by atoms with E-state index in [4.69, 9.17) is 4.74 Å². The number of hydrogen-bond acceptors (Lipinski definition) is 5. The van der Waals surface area contributed by atoms with Gasteiger partial charge in [-0.1, -0.05) is 6.07 Å². The number of carbonyl (C=O) groups excluding carboxylic acids is 1. The summed E-state index contributed by atoms with van der Waals surface area (Å²) in [5.41, 5.74) is 0. The first kappa shape index (κ1) is 16.9. The lowest BCUT2D eigenvalue weighted by Crippen LogP contribution is -2.46. The fraction of sp³-hybridized carbons (Fsp3) is 0.667. The van der Waals surface area contributed by atoms with Crippen molar-refractivity contribution in [3.8, 4) is 0 Å². The van der Waals surface area contributed by atoms with Crippen molar-refractivity contribution < 1.29 is 17.9 Å². The summed E-state index contributed by atoms with van der Waals surface area (Å²) in [5.74, 6) is -0.341. The summed E-state index contributed by atoms with van der Waals surface area (Å²) in [5, 5.41) is 4.67. The van der Waals surface area contributed by atoms with Crippen LogP contribution in [-0.2, 0) is 19.6 Å². The molecule has 2 aliphatic heterocycles. The lowest BCUT2D eigenvalue weighted by molar-refractivity contribution is -0.126. The van der Waals surface area contributed by atoms with Crippen molar-refractivity contribution in [2.24, 2.45) is 5.92 Å². The first-order chi connectivity index (χ1) is 11.1. The van der Waals surface area contributed by atoms with Crippen LogP contribution in [0.5, 0.6) is 0 Å². The predicted molar refractivity (Wildman–Crippen MR) is 87.8 cm³/mol. The molecule has 3 heterocycles. The van der Waals surface area contributed by atoms with Crippen molar-refractivity contribution in [3.63, 3.8) is 0 Å². The highest BCUT2D eigenvalue weighted by molar-refractivity contribution is 7.91. The Bertz CT molecular complexity index is 624. The van der Waals surface area contributed by atoms with E-state index in [2.05, 4.69) is 5.32 Å². The number of nitrogens with one attached hydrogen (secondary N) is 1. The van der Waals surface area contributed by atoms with Gasteiger partial charge in [0, 0.05) is 26.2 Å². The van der Waals surface area contributed by atoms with Gasteiger partial charge >= 0.3 is 0 Å². The third-order valence-electron chi connectivity index (χ3n) is 4.37. The average molecular weight is 358 g/mol. The molecule has 0 saturated carbocycles. The van der Waals surface area contributed by atoms with Crippen LogP contribution in [-0.4, -0.2) is 51.0 Å². The van der Waals surface area contributed by atoms with E-state index < -0.39 is 10.0 Å². The molecule has 23 heavy (non-hydrogen) atoms. The minimum absolute atomic E-state index is 0.0634. The topological polar surface area (TPSA) is 75.7 Å². The van der Waals surface area contributed by atoms with E-state index in [1.807, 2.05) is 0 Å². The standard InChI is InChI=1S/C15H22N2O4S2/c18-15(16-10-13-5-2-8-21-13)12-4-1-7-17(11-12)23(19,20)14-6-3-9-22-14/h3,6,9,12-13H,1-2,4-5,7-8,10-11H2,(H,16,18)/t12-,13-/m1/s1. The van der Waals surface area contributed by atoms with Gasteiger partial charge in [0.2, 0.25) is 5.91 Å². The molecule has 128 valence electrons. The zero-order valence-corrected chi connectivity index (χ0v) is 14.6. The minimum atomic E-state index is -3.47. The Kier molecular flexibility index (Phi) is 5.35. The van der Waals surface area contributed by atoms with Gasteiger partial charge in [0.15, 0.2) is 0 Å². The molecule has 3 rings (SSSR count). The molecule has 0 unspecified atom stereocenters. The summed E-state index contributed by atoms with van der Waals surface area (Å²) in [6.07, 6.45) is 3.56. The summed E-state index contributed by atoms with van der Waals surface area (Å²) < 4.78 is 32.4. The molecule has 0 bridgehead atoms. The molecule has 1 aromatic rings. The van der Waals surface area contributed by atoms with Crippen LogP contribution in [0.15, 0.2) is 21.7 Å². The number of amides is 1. The number of carbonyl (C=O) groups is 1. The molecule has 2 atom stereocenters. The van der Waals surface area contributed by atoms with Gasteiger partial charge < -0.3 is 10.1 Å². The van der Waals surface area contributed by atoms with Crippen LogP contribution in [0.1, 0.15) is 25.7 Å². The van der Waals surface area contributed by atoms with Crippen LogP contribution in [0, 0.1) is 5.92 Å². The van der Waals surface area contributed by atoms with Crippen molar-refractivity contribution in [2.45, 2.75) is 36.0 Å². The van der Waals surface area contributed by atoms with Crippen molar-refractivity contribution in [3.05, 3.63) is 17.5 Å². The van der Waals surface area contributed by atoms with Crippen LogP contribution in [0.2, 0.25) is 0 Å². The number of nitrogens with zero attached hydrogens (tertiary/aromatic N) is 1. The third-order valence-corrected chi connectivity index (χ3v) is 7.61. The second kappa shape index (κ2) is 7.29. The highest BCUT2D eigenvalue weighted by Gasteiger charge is 2.34. The number of ether oxygens (including phenoxy) is 1. The Labute approximate surface area is 140 Å². The van der Waals surface area contributed by atoms with E-state index in [1.54, 1.807) is 17.5 Å². The first-order valence-corrected chi connectivity index (χ1v) is 10.3. The van der Waals surface area contributed by atoms with Crippen molar-refractivity contribution in [2.75, 3.05) is 26.2 Å². The fourth-order valence-electron chi connectivity index (χ4n) is 3.08. The zero-order chi connectivity index (χ0) is 16.3. The summed E-state index contributed by atoms with van der Waals surface area (Å²) in [6.45, 7) is 2.02. The maximum Gasteiger partial charge on any atom is 0.252 e. The third kappa shape index (κ3) is 3.93. The lowest BCUT2D eigenvalue weighted by Gasteiger charge is -2.31. The van der Waals surface area contributed by atoms with Crippen LogP contribution in [0.4, 0.5) is 0 Å². The number of hydrogen-bond donors (Lipinski definition) is 1. The Morgan fingerprint density at radius 3 is 2.96 bits per heavy atom. The van der Waals surface area contributed by atoms with E-state index in [9.17, 15) is 13.2 Å². The first-order valence-electron chi connectivity index (χ1n) is 8.00. The van der Waals surface area contributed by atoms with Gasteiger partial charge in [0.1, 0.15) is 4.21 Å². The number of rotatable bonds is 5. The molecular formula is C15H22N2O4S2. The van der Waals surface area contributed by atoms with E-state index in [1.165, 1.54) is 15.6 Å². The number of piperidine rings is 1. The Morgan fingerprint density at radius 2 is 2.26 bits per heavy atom. The molecule has 0 aliphatic carbocycles. The van der Waals surface area contributed by atoms with E-state index in [-0.39, 0.29) is 24.5 Å². The second-order valence-electron chi connectivity index (χ2n) is 6.01. The Morgan fingerprint density at radius 1 is 1.39 bits per heavy atom. The molecule has 1 N–H and O–H groups in total. The largest absolute Gasteiger partial charge is 0.376 e. The van der Waals surface area contributed by atoms with Gasteiger partial charge in [0.25, 0.3) is 10.0 Å². The molecule has 0 radical (unpaired) electrons. The summed E-state index contributed by atoms with van der Waals surface area (Å²) in [7, 11) is -3.47. The highest BCUT2D eigenvalue weighted by Crippen LogP contribution is 2.26. The van der Waals surface area contributed by atoms with E-state index >= 15 is 0 Å². The van der Waals surface area contributed by atoms with Gasteiger partial charge in [-0.15, -0.1) is 11.3 Å². The smallest absolute Gasteiger partial charge is 0.252 e. The van der Waals surface area contributed by atoms with E-state index in [0.29, 0.717) is 23.7 Å². The van der Waals surface area contributed by atoms with E-state index in [0.717, 1.165) is 25.9 Å². The number of thiophene rings is 1. The molecule has 1 amide bonds. The molecule has 0 spiro atoms. The Hall–Kier alpha value is -0.960. The average Bonchev–Trinajstić information content (AvgIpc) is 3.26. The molecule has 2 aliphatic rings. The van der Waals surface area contributed by atoms with Crippen molar-refractivity contribution >= 4 is 27.3 Å². The monoisotopic (exact) mass is 358 g/mol. The zero-order valence-electron chi connectivity index (χ0n) is 12.9. The van der Waals surface area contributed by atoms with Crippen molar-refractivity contribution in [1.29, 1.82) is 0 Å². The summed E-state index contributed by atoms with van der Waals surface area (Å²) in [4.78, 5) is 12.3. The molecule has 2 fully saturated rings. The molecule has 6 nitrogen and oxygen atoms in total. The summed E-state index contributed by atoms with van der Waals surface area (Å²) >= 11 is 1.21. The minimum Gasteiger partial charge on any atom is -0.376 e. The van der Waals surface area contributed by atoms with Crippen LogP contribution >= 0.6 is 11.3 Å². The molecule has 0 aromatic carbocycles. The van der Waals surface area contributed by atoms with Crippen LogP contribution in [0.3, 0.4) is 0 Å². The second-order valence-corrected chi connectivity index (χ2v) is 9.13. The lowest BCUT2D eigenvalue weighted by atomic mass is 9.99. The van der Waals surface area contributed by atoms with Gasteiger partial charge in [-0.25, -0.2) is 8.42 Å². The van der Waals surface area contributed by atoms with Crippen molar-refractivity contribution in [1.82, 2.24) is 9.62 Å². The maximum atomic E-state index is 12.6. The molecule has 8 heteroatoms. The quantitative estimate of drug-likeness (QED) is 0.864. The Balaban J connectivity index is 1.58. The SMILES string of the molecule is O=C(NC[C@H]1CCCO1)[C@@H]1CCCN(S(=O)(=O)c2cccs2)C1. The number of sulfonamides is 1. The van der Waals surface area contributed by atoms with Gasteiger partial charge in [-0.05, 0) is 37.1 Å². The molecule has 1 aromatic heterocycles. The van der Waals surface area contributed by atoms with Gasteiger partial charge in [-0.3, -0.25) is 4.79 Å². The fourth-order valence-corrected chi connectivity index (χ4v) is 5.74. The summed E-state index contributed by atoms with van der Waals surface area (Å²) in [6, 6.07) is 3.34. The predicted octanol–water partition coefficient (Wildman–Crippen LogP) is 1.44. The molecular weight excluding hydrogens is 336 g/mol. The maximum absolute atomic E-state index is 12.6. The van der Waals surface area contributed by atoms with Gasteiger partial charge in [0.05, 0.1) is 12.0 Å². The van der Waals surface area contributed by atoms with Crippen LogP contribution < -0.4 is 5.32 Å². The van der Waals surface area contributed by atoms with Gasteiger partial charge in [-0.2, -0.15) is 4.31 Å². The van der Waals surface area contributed by atoms with Crippen LogP contribution in [0.25, 0.3) is 0 Å². The highest BCUT2D eigenvalue weighted by atomic mass is 32.2.